The van der Waals surface area contributed by atoms with E-state index in [-0.39, 0.29) is 0 Å². The van der Waals surface area contributed by atoms with Gasteiger partial charge in [0.15, 0.2) is 0 Å². The molecule has 1 aliphatic rings. The molecule has 0 unspecified atom stereocenters. The summed E-state index contributed by atoms with van der Waals surface area (Å²) in [4.78, 5) is 9.38. The number of aryl methyl sites for hydroxylation is 1. The van der Waals surface area contributed by atoms with Crippen molar-refractivity contribution in [3.05, 3.63) is 23.3 Å². The first-order valence-corrected chi connectivity index (χ1v) is 7.22. The molecule has 0 radical (unpaired) electrons. The van der Waals surface area contributed by atoms with Gasteiger partial charge in [0.2, 0.25) is 0 Å². The molecule has 1 heterocycles. The minimum absolute atomic E-state index is 0.586. The zero-order valence-corrected chi connectivity index (χ0v) is 11.9. The monoisotopic (exact) mass is 247 g/mol. The third-order valence-corrected chi connectivity index (χ3v) is 4.07. The summed E-state index contributed by atoms with van der Waals surface area (Å²) in [7, 11) is 1.96. The Bertz CT molecular complexity index is 381. The topological polar surface area (TPSA) is 37.8 Å². The molecule has 1 aromatic heterocycles. The molecule has 1 fully saturated rings. The molecule has 0 spiro atoms. The Balaban J connectivity index is 2.08. The molecular formula is C15H25N3. The molecule has 3 nitrogen and oxygen atoms in total. The van der Waals surface area contributed by atoms with Crippen molar-refractivity contribution < 1.29 is 0 Å². The van der Waals surface area contributed by atoms with Crippen LogP contribution in [0.2, 0.25) is 0 Å². The van der Waals surface area contributed by atoms with Crippen molar-refractivity contribution in [3.8, 4) is 0 Å². The van der Waals surface area contributed by atoms with Crippen molar-refractivity contribution in [1.29, 1.82) is 0 Å². The van der Waals surface area contributed by atoms with E-state index in [4.69, 9.17) is 4.98 Å². The average molecular weight is 247 g/mol. The molecule has 0 aromatic carbocycles. The smallest absolute Gasteiger partial charge is 0.131 e. The van der Waals surface area contributed by atoms with Crippen LogP contribution in [0.5, 0.6) is 0 Å². The maximum atomic E-state index is 4.72. The van der Waals surface area contributed by atoms with Gasteiger partial charge in [-0.2, -0.15) is 0 Å². The van der Waals surface area contributed by atoms with Gasteiger partial charge in [-0.15, -0.1) is 0 Å². The van der Waals surface area contributed by atoms with Crippen molar-refractivity contribution in [2.24, 2.45) is 5.92 Å². The van der Waals surface area contributed by atoms with E-state index in [2.05, 4.69) is 30.2 Å². The molecule has 1 aliphatic carbocycles. The Kier molecular flexibility index (Phi) is 4.70. The lowest BCUT2D eigenvalue weighted by atomic mass is 9.80. The van der Waals surface area contributed by atoms with Gasteiger partial charge in [0.25, 0.3) is 0 Å². The van der Waals surface area contributed by atoms with E-state index in [0.717, 1.165) is 29.7 Å². The normalized spacial score (nSPS) is 24.2. The standard InChI is InChI=1S/C15H25N3/c1-4-12-5-7-13(8-6-12)15-17-11(2)9-14(18-15)10-16-3/h9,12-13,16H,4-8,10H2,1-3H3. The van der Waals surface area contributed by atoms with Gasteiger partial charge in [-0.05, 0) is 51.6 Å². The van der Waals surface area contributed by atoms with Crippen molar-refractivity contribution in [2.45, 2.75) is 58.4 Å². The SMILES string of the molecule is CCC1CCC(c2nc(C)cc(CNC)n2)CC1. The Morgan fingerprint density at radius 3 is 2.56 bits per heavy atom. The van der Waals surface area contributed by atoms with Gasteiger partial charge >= 0.3 is 0 Å². The van der Waals surface area contributed by atoms with Crippen LogP contribution in [0.1, 0.15) is 62.2 Å². The Morgan fingerprint density at radius 2 is 1.94 bits per heavy atom. The van der Waals surface area contributed by atoms with Crippen LogP contribution in [0.25, 0.3) is 0 Å². The fourth-order valence-corrected chi connectivity index (χ4v) is 2.94. The minimum Gasteiger partial charge on any atom is -0.314 e. The van der Waals surface area contributed by atoms with Crippen molar-refractivity contribution in [3.63, 3.8) is 0 Å². The highest BCUT2D eigenvalue weighted by molar-refractivity contribution is 5.12. The predicted octanol–water partition coefficient (Wildman–Crippen LogP) is 3.19. The van der Waals surface area contributed by atoms with Gasteiger partial charge in [0, 0.05) is 18.2 Å². The molecule has 0 aliphatic heterocycles. The molecule has 1 N–H and O–H groups in total. The number of nitrogens with zero attached hydrogens (tertiary/aromatic N) is 2. The predicted molar refractivity (Wildman–Crippen MR) is 74.5 cm³/mol. The lowest BCUT2D eigenvalue weighted by Crippen LogP contribution is -2.17. The van der Waals surface area contributed by atoms with Gasteiger partial charge in [0.05, 0.1) is 5.69 Å². The number of hydrogen-bond acceptors (Lipinski definition) is 3. The first kappa shape index (κ1) is 13.5. The second kappa shape index (κ2) is 6.28. The van der Waals surface area contributed by atoms with Crippen LogP contribution in [0.15, 0.2) is 6.07 Å². The lowest BCUT2D eigenvalue weighted by molar-refractivity contribution is 0.311. The van der Waals surface area contributed by atoms with Crippen LogP contribution in [0, 0.1) is 12.8 Å². The van der Waals surface area contributed by atoms with Gasteiger partial charge in [-0.25, -0.2) is 9.97 Å². The largest absolute Gasteiger partial charge is 0.314 e. The molecule has 18 heavy (non-hydrogen) atoms. The van der Waals surface area contributed by atoms with Crippen LogP contribution >= 0.6 is 0 Å². The van der Waals surface area contributed by atoms with Crippen LogP contribution in [0.3, 0.4) is 0 Å². The highest BCUT2D eigenvalue weighted by Crippen LogP contribution is 2.35. The maximum absolute atomic E-state index is 4.72. The van der Waals surface area contributed by atoms with Gasteiger partial charge in [0.1, 0.15) is 5.82 Å². The van der Waals surface area contributed by atoms with Gasteiger partial charge < -0.3 is 5.32 Å². The molecule has 1 saturated carbocycles. The molecule has 100 valence electrons. The molecule has 0 saturated heterocycles. The second-order valence-electron chi connectivity index (χ2n) is 5.52. The highest BCUT2D eigenvalue weighted by atomic mass is 14.9. The fourth-order valence-electron chi connectivity index (χ4n) is 2.94. The number of rotatable bonds is 4. The van der Waals surface area contributed by atoms with Gasteiger partial charge in [-0.1, -0.05) is 13.3 Å². The number of hydrogen-bond donors (Lipinski definition) is 1. The van der Waals surface area contributed by atoms with Crippen molar-refractivity contribution in [1.82, 2.24) is 15.3 Å². The molecule has 0 bridgehead atoms. The molecule has 0 atom stereocenters. The third kappa shape index (κ3) is 3.29. The van der Waals surface area contributed by atoms with Gasteiger partial charge in [-0.3, -0.25) is 0 Å². The summed E-state index contributed by atoms with van der Waals surface area (Å²) in [5, 5.41) is 3.17. The Morgan fingerprint density at radius 1 is 1.22 bits per heavy atom. The fraction of sp³-hybridized carbons (Fsp3) is 0.733. The first-order chi connectivity index (χ1) is 8.72. The molecule has 1 aromatic rings. The lowest BCUT2D eigenvalue weighted by Gasteiger charge is -2.27. The summed E-state index contributed by atoms with van der Waals surface area (Å²) in [6.45, 7) is 5.21. The molecule has 0 amide bonds. The van der Waals surface area contributed by atoms with Crippen LogP contribution in [-0.2, 0) is 6.54 Å². The maximum Gasteiger partial charge on any atom is 0.131 e. The highest BCUT2D eigenvalue weighted by Gasteiger charge is 2.23. The number of nitrogens with one attached hydrogen (secondary N) is 1. The quantitative estimate of drug-likeness (QED) is 0.888. The van der Waals surface area contributed by atoms with E-state index in [0.29, 0.717) is 5.92 Å². The van der Waals surface area contributed by atoms with Crippen molar-refractivity contribution >= 4 is 0 Å². The zero-order chi connectivity index (χ0) is 13.0. The zero-order valence-electron chi connectivity index (χ0n) is 11.9. The summed E-state index contributed by atoms with van der Waals surface area (Å²) in [5.41, 5.74) is 2.22. The number of aromatic nitrogens is 2. The summed E-state index contributed by atoms with van der Waals surface area (Å²) in [6.07, 6.45) is 6.55. The second-order valence-corrected chi connectivity index (χ2v) is 5.52. The van der Waals surface area contributed by atoms with E-state index in [1.54, 1.807) is 0 Å². The van der Waals surface area contributed by atoms with E-state index in [1.807, 2.05) is 7.05 Å². The Hall–Kier alpha value is -0.960. The van der Waals surface area contributed by atoms with E-state index in [1.165, 1.54) is 32.1 Å². The van der Waals surface area contributed by atoms with E-state index < -0.39 is 0 Å². The van der Waals surface area contributed by atoms with Crippen molar-refractivity contribution in [2.75, 3.05) is 7.05 Å². The summed E-state index contributed by atoms with van der Waals surface area (Å²) in [5.74, 6) is 2.60. The van der Waals surface area contributed by atoms with Crippen LogP contribution < -0.4 is 5.32 Å². The molecule has 3 heteroatoms. The van der Waals surface area contributed by atoms with E-state index >= 15 is 0 Å². The van der Waals surface area contributed by atoms with Crippen LogP contribution in [0.4, 0.5) is 0 Å². The third-order valence-electron chi connectivity index (χ3n) is 4.07. The minimum atomic E-state index is 0.586. The average Bonchev–Trinajstić information content (AvgIpc) is 2.38. The Labute approximate surface area is 110 Å². The van der Waals surface area contributed by atoms with E-state index in [9.17, 15) is 0 Å². The summed E-state index contributed by atoms with van der Waals surface area (Å²) >= 11 is 0. The van der Waals surface area contributed by atoms with Crippen LogP contribution in [-0.4, -0.2) is 17.0 Å². The summed E-state index contributed by atoms with van der Waals surface area (Å²) < 4.78 is 0. The first-order valence-electron chi connectivity index (χ1n) is 7.22. The molecule has 2 rings (SSSR count). The summed E-state index contributed by atoms with van der Waals surface area (Å²) in [6, 6.07) is 2.08. The molecular weight excluding hydrogens is 222 g/mol.